The van der Waals surface area contributed by atoms with Crippen molar-refractivity contribution in [2.75, 3.05) is 49.9 Å². The summed E-state index contributed by atoms with van der Waals surface area (Å²) in [4.78, 5) is 34.5. The quantitative estimate of drug-likeness (QED) is 0.787. The van der Waals surface area contributed by atoms with Crippen LogP contribution in [-0.4, -0.2) is 71.0 Å². The van der Waals surface area contributed by atoms with E-state index < -0.39 is 11.8 Å². The molecular formula is C22H27FN6O2. The van der Waals surface area contributed by atoms with Crippen LogP contribution in [0.2, 0.25) is 0 Å². The summed E-state index contributed by atoms with van der Waals surface area (Å²) in [6.07, 6.45) is 2.63. The van der Waals surface area contributed by atoms with E-state index in [-0.39, 0.29) is 11.7 Å². The summed E-state index contributed by atoms with van der Waals surface area (Å²) in [6.45, 7) is 6.64. The van der Waals surface area contributed by atoms with E-state index in [1.165, 1.54) is 6.07 Å². The molecule has 0 bridgehead atoms. The minimum absolute atomic E-state index is 0.109. The highest BCUT2D eigenvalue weighted by molar-refractivity contribution is 5.99. The standard InChI is InChI=1S/C22H27FN6O2/c1-16-6-7-18(14-24-16)25-21(30)26-19-5-2-4-17(20(19)23)15-27-10-12-29(13-11-27)22(31)28-8-3-9-28/h2,4-7,14H,3,8-13,15H2,1H3,(H2,25,26,30). The van der Waals surface area contributed by atoms with Gasteiger partial charge in [0.25, 0.3) is 0 Å². The van der Waals surface area contributed by atoms with Gasteiger partial charge in [0.05, 0.1) is 17.6 Å². The number of amides is 4. The van der Waals surface area contributed by atoms with Gasteiger partial charge in [-0.05, 0) is 31.5 Å². The number of carbonyl (C=O) groups is 2. The van der Waals surface area contributed by atoms with Crippen molar-refractivity contribution in [1.82, 2.24) is 19.7 Å². The summed E-state index contributed by atoms with van der Waals surface area (Å²) in [5.41, 5.74) is 2.01. The first-order chi connectivity index (χ1) is 15.0. The molecule has 0 spiro atoms. The zero-order chi connectivity index (χ0) is 21.8. The Morgan fingerprint density at radius 3 is 2.39 bits per heavy atom. The van der Waals surface area contributed by atoms with E-state index in [2.05, 4.69) is 20.5 Å². The molecule has 4 amide bonds. The Morgan fingerprint density at radius 1 is 1.00 bits per heavy atom. The average Bonchev–Trinajstić information content (AvgIpc) is 2.72. The number of carbonyl (C=O) groups excluding carboxylic acids is 2. The molecule has 9 heteroatoms. The third-order valence-corrected chi connectivity index (χ3v) is 5.66. The van der Waals surface area contributed by atoms with E-state index in [1.54, 1.807) is 30.5 Å². The van der Waals surface area contributed by atoms with Crippen LogP contribution < -0.4 is 10.6 Å². The molecule has 1 aromatic carbocycles. The molecule has 1 aromatic heterocycles. The highest BCUT2D eigenvalue weighted by Crippen LogP contribution is 2.21. The lowest BCUT2D eigenvalue weighted by atomic mass is 10.1. The van der Waals surface area contributed by atoms with E-state index in [9.17, 15) is 14.0 Å². The maximum atomic E-state index is 15.0. The van der Waals surface area contributed by atoms with Gasteiger partial charge in [-0.1, -0.05) is 12.1 Å². The molecule has 0 radical (unpaired) electrons. The minimum Gasteiger partial charge on any atom is -0.325 e. The van der Waals surface area contributed by atoms with E-state index in [0.717, 1.165) is 25.2 Å². The number of halogens is 1. The first-order valence-corrected chi connectivity index (χ1v) is 10.5. The number of aromatic nitrogens is 1. The van der Waals surface area contributed by atoms with E-state index in [0.29, 0.717) is 44.0 Å². The molecule has 164 valence electrons. The second kappa shape index (κ2) is 9.30. The average molecular weight is 426 g/mol. The van der Waals surface area contributed by atoms with E-state index >= 15 is 0 Å². The molecule has 2 aliphatic rings. The Bertz CT molecular complexity index is 940. The smallest absolute Gasteiger partial charge is 0.323 e. The lowest BCUT2D eigenvalue weighted by Gasteiger charge is -2.40. The monoisotopic (exact) mass is 426 g/mol. The van der Waals surface area contributed by atoms with Gasteiger partial charge in [-0.2, -0.15) is 0 Å². The van der Waals surface area contributed by atoms with Crippen molar-refractivity contribution in [3.05, 3.63) is 53.6 Å². The molecule has 0 atom stereocenters. The maximum Gasteiger partial charge on any atom is 0.323 e. The molecule has 2 aromatic rings. The van der Waals surface area contributed by atoms with Crippen LogP contribution in [-0.2, 0) is 6.54 Å². The number of nitrogens with one attached hydrogen (secondary N) is 2. The van der Waals surface area contributed by atoms with Crippen LogP contribution in [0.25, 0.3) is 0 Å². The van der Waals surface area contributed by atoms with Gasteiger partial charge in [0.2, 0.25) is 0 Å². The molecule has 2 saturated heterocycles. The molecule has 0 aliphatic carbocycles. The van der Waals surface area contributed by atoms with E-state index in [1.807, 2.05) is 16.7 Å². The van der Waals surface area contributed by atoms with Crippen molar-refractivity contribution in [3.8, 4) is 0 Å². The molecule has 2 N–H and O–H groups in total. The molecule has 2 aliphatic heterocycles. The number of piperazine rings is 1. The summed E-state index contributed by atoms with van der Waals surface area (Å²) in [5.74, 6) is -0.446. The first kappa shape index (κ1) is 21.0. The fourth-order valence-electron chi connectivity index (χ4n) is 3.67. The largest absolute Gasteiger partial charge is 0.325 e. The zero-order valence-electron chi connectivity index (χ0n) is 17.6. The highest BCUT2D eigenvalue weighted by atomic mass is 19.1. The summed E-state index contributed by atoms with van der Waals surface area (Å²) in [5, 5.41) is 5.22. The van der Waals surface area contributed by atoms with Gasteiger partial charge in [0.15, 0.2) is 5.82 Å². The number of urea groups is 2. The molecule has 8 nitrogen and oxygen atoms in total. The first-order valence-electron chi connectivity index (χ1n) is 10.5. The Labute approximate surface area is 181 Å². The van der Waals surface area contributed by atoms with Gasteiger partial charge in [0, 0.05) is 57.1 Å². The lowest BCUT2D eigenvalue weighted by Crippen LogP contribution is -2.55. The predicted octanol–water partition coefficient (Wildman–Crippen LogP) is 3.12. The van der Waals surface area contributed by atoms with Crippen molar-refractivity contribution in [3.63, 3.8) is 0 Å². The predicted molar refractivity (Wildman–Crippen MR) is 116 cm³/mol. The number of hydrogen-bond acceptors (Lipinski definition) is 4. The van der Waals surface area contributed by atoms with Crippen LogP contribution >= 0.6 is 0 Å². The highest BCUT2D eigenvalue weighted by Gasteiger charge is 2.28. The molecule has 0 unspecified atom stereocenters. The SMILES string of the molecule is Cc1ccc(NC(=O)Nc2cccc(CN3CCN(C(=O)N4CCC4)CC3)c2F)cn1. The number of likely N-dealkylation sites (tertiary alicyclic amines) is 1. The molecule has 3 heterocycles. The Balaban J connectivity index is 1.31. The van der Waals surface area contributed by atoms with Crippen LogP contribution in [0.4, 0.5) is 25.4 Å². The fraction of sp³-hybridized carbons (Fsp3) is 0.409. The van der Waals surface area contributed by atoms with Crippen LogP contribution in [0.15, 0.2) is 36.5 Å². The van der Waals surface area contributed by atoms with Crippen molar-refractivity contribution < 1.29 is 14.0 Å². The van der Waals surface area contributed by atoms with Gasteiger partial charge in [-0.25, -0.2) is 14.0 Å². The second-order valence-electron chi connectivity index (χ2n) is 7.93. The maximum absolute atomic E-state index is 15.0. The number of anilines is 2. The number of rotatable bonds is 4. The second-order valence-corrected chi connectivity index (χ2v) is 7.93. The minimum atomic E-state index is -0.528. The van der Waals surface area contributed by atoms with Crippen molar-refractivity contribution in [2.45, 2.75) is 19.9 Å². The van der Waals surface area contributed by atoms with Gasteiger partial charge in [0.1, 0.15) is 0 Å². The van der Waals surface area contributed by atoms with Gasteiger partial charge < -0.3 is 20.4 Å². The number of benzene rings is 1. The number of hydrogen-bond donors (Lipinski definition) is 2. The number of aryl methyl sites for hydroxylation is 1. The van der Waals surface area contributed by atoms with Crippen LogP contribution in [0, 0.1) is 12.7 Å². The fourth-order valence-corrected chi connectivity index (χ4v) is 3.67. The third-order valence-electron chi connectivity index (χ3n) is 5.66. The van der Waals surface area contributed by atoms with Gasteiger partial charge in [-0.15, -0.1) is 0 Å². The molecule has 0 saturated carbocycles. The Hall–Kier alpha value is -3.20. The Kier molecular flexibility index (Phi) is 6.31. The molecule has 31 heavy (non-hydrogen) atoms. The van der Waals surface area contributed by atoms with Crippen molar-refractivity contribution in [1.29, 1.82) is 0 Å². The summed E-state index contributed by atoms with van der Waals surface area (Å²) in [7, 11) is 0. The number of nitrogens with zero attached hydrogens (tertiary/aromatic N) is 4. The summed E-state index contributed by atoms with van der Waals surface area (Å²) < 4.78 is 15.0. The number of pyridine rings is 1. The van der Waals surface area contributed by atoms with Crippen LogP contribution in [0.3, 0.4) is 0 Å². The third kappa shape index (κ3) is 5.11. The lowest BCUT2D eigenvalue weighted by molar-refractivity contribution is 0.0936. The Morgan fingerprint density at radius 2 is 1.74 bits per heavy atom. The summed E-state index contributed by atoms with van der Waals surface area (Å²) in [6, 6.07) is 8.09. The van der Waals surface area contributed by atoms with Crippen molar-refractivity contribution in [2.24, 2.45) is 0 Å². The van der Waals surface area contributed by atoms with E-state index in [4.69, 9.17) is 0 Å². The zero-order valence-corrected chi connectivity index (χ0v) is 17.6. The van der Waals surface area contributed by atoms with Crippen molar-refractivity contribution >= 4 is 23.4 Å². The molecule has 4 rings (SSSR count). The van der Waals surface area contributed by atoms with Crippen LogP contribution in [0.5, 0.6) is 0 Å². The molecular weight excluding hydrogens is 399 g/mol. The normalized spacial score (nSPS) is 16.6. The van der Waals surface area contributed by atoms with Crippen LogP contribution in [0.1, 0.15) is 17.7 Å². The summed E-state index contributed by atoms with van der Waals surface area (Å²) >= 11 is 0. The molecule has 2 fully saturated rings. The van der Waals surface area contributed by atoms with Gasteiger partial charge in [-0.3, -0.25) is 9.88 Å². The van der Waals surface area contributed by atoms with Gasteiger partial charge >= 0.3 is 12.1 Å². The topological polar surface area (TPSA) is 80.8 Å².